The molecule has 1 N–H and O–H groups in total. The van der Waals surface area contributed by atoms with Gasteiger partial charge in [0, 0.05) is 12.6 Å². The highest BCUT2D eigenvalue weighted by Crippen LogP contribution is 2.38. The summed E-state index contributed by atoms with van der Waals surface area (Å²) in [6.45, 7) is 0.459. The summed E-state index contributed by atoms with van der Waals surface area (Å²) in [5.74, 6) is -1.05. The van der Waals surface area contributed by atoms with Crippen molar-refractivity contribution in [3.8, 4) is 5.69 Å². The molecule has 0 radical (unpaired) electrons. The van der Waals surface area contributed by atoms with Crippen LogP contribution in [0.5, 0.6) is 0 Å². The van der Waals surface area contributed by atoms with Crippen LogP contribution in [0.15, 0.2) is 24.3 Å². The molecule has 28 heavy (non-hydrogen) atoms. The SMILES string of the molecule is O=C(NC1CCOC(C2CC2)C1)c1nnn(-c2ccc(F)cc2)c1C(F)(F)F. The third-order valence-electron chi connectivity index (χ3n) is 5.02. The van der Waals surface area contributed by atoms with Gasteiger partial charge in [0.25, 0.3) is 5.91 Å². The maximum atomic E-state index is 13.6. The highest BCUT2D eigenvalue weighted by Gasteiger charge is 2.43. The van der Waals surface area contributed by atoms with Crippen LogP contribution in [0.2, 0.25) is 0 Å². The maximum absolute atomic E-state index is 13.6. The average molecular weight is 398 g/mol. The van der Waals surface area contributed by atoms with E-state index in [0.717, 1.165) is 37.1 Å². The molecule has 2 fully saturated rings. The first-order valence-corrected chi connectivity index (χ1v) is 9.04. The number of halogens is 4. The molecule has 4 rings (SSSR count). The summed E-state index contributed by atoms with van der Waals surface area (Å²) in [4.78, 5) is 12.5. The molecule has 2 atom stereocenters. The molecule has 1 aliphatic heterocycles. The number of aromatic nitrogens is 3. The first-order valence-electron chi connectivity index (χ1n) is 9.04. The van der Waals surface area contributed by atoms with Crippen molar-refractivity contribution in [1.29, 1.82) is 0 Å². The molecule has 10 heteroatoms. The minimum absolute atomic E-state index is 0.0380. The normalized spacial score (nSPS) is 22.9. The Kier molecular flexibility index (Phi) is 4.82. The van der Waals surface area contributed by atoms with Gasteiger partial charge in [-0.25, -0.2) is 9.07 Å². The van der Waals surface area contributed by atoms with Gasteiger partial charge in [0.2, 0.25) is 0 Å². The predicted molar refractivity (Wildman–Crippen MR) is 89.3 cm³/mol. The second-order valence-corrected chi connectivity index (χ2v) is 7.11. The number of ether oxygens (including phenoxy) is 1. The zero-order valence-corrected chi connectivity index (χ0v) is 14.7. The second-order valence-electron chi connectivity index (χ2n) is 7.11. The maximum Gasteiger partial charge on any atom is 0.435 e. The van der Waals surface area contributed by atoms with E-state index in [0.29, 0.717) is 30.0 Å². The first kappa shape index (κ1) is 18.9. The molecule has 1 amide bonds. The van der Waals surface area contributed by atoms with Gasteiger partial charge in [0.1, 0.15) is 5.82 Å². The van der Waals surface area contributed by atoms with E-state index in [-0.39, 0.29) is 17.8 Å². The fraction of sp³-hybridized carbons (Fsp3) is 0.500. The number of hydrogen-bond acceptors (Lipinski definition) is 4. The third kappa shape index (κ3) is 3.87. The number of benzene rings is 1. The van der Waals surface area contributed by atoms with Gasteiger partial charge in [-0.3, -0.25) is 4.79 Å². The van der Waals surface area contributed by atoms with E-state index in [9.17, 15) is 22.4 Å². The minimum Gasteiger partial charge on any atom is -0.378 e. The highest BCUT2D eigenvalue weighted by molar-refractivity contribution is 5.93. The summed E-state index contributed by atoms with van der Waals surface area (Å²) in [5, 5.41) is 9.60. The Morgan fingerprint density at radius 1 is 1.18 bits per heavy atom. The predicted octanol–water partition coefficient (Wildman–Crippen LogP) is 3.11. The Bertz CT molecular complexity index is 861. The van der Waals surface area contributed by atoms with Gasteiger partial charge >= 0.3 is 6.18 Å². The topological polar surface area (TPSA) is 69.0 Å². The summed E-state index contributed by atoms with van der Waals surface area (Å²) in [6, 6.07) is 4.02. The molecule has 1 aliphatic carbocycles. The van der Waals surface area contributed by atoms with Crippen molar-refractivity contribution < 1.29 is 27.1 Å². The zero-order valence-electron chi connectivity index (χ0n) is 14.7. The number of carbonyl (C=O) groups is 1. The largest absolute Gasteiger partial charge is 0.435 e. The van der Waals surface area contributed by atoms with E-state index in [4.69, 9.17) is 4.74 Å². The molecule has 2 aromatic rings. The van der Waals surface area contributed by atoms with Gasteiger partial charge in [-0.1, -0.05) is 5.21 Å². The monoisotopic (exact) mass is 398 g/mol. The van der Waals surface area contributed by atoms with Crippen molar-refractivity contribution in [1.82, 2.24) is 20.3 Å². The average Bonchev–Trinajstić information content (AvgIpc) is 3.39. The molecule has 1 aromatic heterocycles. The van der Waals surface area contributed by atoms with Gasteiger partial charge in [0.15, 0.2) is 11.4 Å². The number of amides is 1. The van der Waals surface area contributed by atoms with Crippen molar-refractivity contribution in [3.05, 3.63) is 41.5 Å². The first-order chi connectivity index (χ1) is 13.3. The molecule has 0 bridgehead atoms. The van der Waals surface area contributed by atoms with Crippen LogP contribution in [0.3, 0.4) is 0 Å². The Morgan fingerprint density at radius 2 is 1.89 bits per heavy atom. The van der Waals surface area contributed by atoms with E-state index in [1.54, 1.807) is 0 Å². The minimum atomic E-state index is -4.86. The smallest absolute Gasteiger partial charge is 0.378 e. The van der Waals surface area contributed by atoms with Crippen molar-refractivity contribution >= 4 is 5.91 Å². The standard InChI is InChI=1S/C18H18F4N4O2/c19-11-3-5-13(6-4-11)26-16(18(20,21)22)15(24-25-26)17(27)23-12-7-8-28-14(9-12)10-1-2-10/h3-6,10,12,14H,1-2,7-9H2,(H,23,27). The number of rotatable bonds is 4. The van der Waals surface area contributed by atoms with Crippen LogP contribution >= 0.6 is 0 Å². The number of alkyl halides is 3. The summed E-state index contributed by atoms with van der Waals surface area (Å²) in [7, 11) is 0. The summed E-state index contributed by atoms with van der Waals surface area (Å²) in [6.07, 6.45) is -1.57. The lowest BCUT2D eigenvalue weighted by Crippen LogP contribution is -2.43. The van der Waals surface area contributed by atoms with Crippen LogP contribution in [0.4, 0.5) is 17.6 Å². The van der Waals surface area contributed by atoms with Crippen LogP contribution in [0, 0.1) is 11.7 Å². The van der Waals surface area contributed by atoms with Gasteiger partial charge in [-0.2, -0.15) is 13.2 Å². The molecular weight excluding hydrogens is 380 g/mol. The van der Waals surface area contributed by atoms with E-state index < -0.39 is 29.3 Å². The number of nitrogens with one attached hydrogen (secondary N) is 1. The second kappa shape index (κ2) is 7.16. The lowest BCUT2D eigenvalue weighted by Gasteiger charge is -2.30. The van der Waals surface area contributed by atoms with E-state index in [1.165, 1.54) is 0 Å². The number of hydrogen-bond donors (Lipinski definition) is 1. The Balaban J connectivity index is 1.58. The van der Waals surface area contributed by atoms with Crippen LogP contribution in [0.25, 0.3) is 5.69 Å². The lowest BCUT2D eigenvalue weighted by atomic mass is 10.00. The molecule has 2 heterocycles. The highest BCUT2D eigenvalue weighted by atomic mass is 19.4. The summed E-state index contributed by atoms with van der Waals surface area (Å²) >= 11 is 0. The Hall–Kier alpha value is -2.49. The summed E-state index contributed by atoms with van der Waals surface area (Å²) in [5.41, 5.74) is -2.13. The van der Waals surface area contributed by atoms with Crippen molar-refractivity contribution in [2.45, 2.75) is 44.0 Å². The lowest BCUT2D eigenvalue weighted by molar-refractivity contribution is -0.143. The Labute approximate surface area is 157 Å². The summed E-state index contributed by atoms with van der Waals surface area (Å²) < 4.78 is 60.2. The van der Waals surface area contributed by atoms with Gasteiger partial charge in [-0.05, 0) is 55.9 Å². The fourth-order valence-corrected chi connectivity index (χ4v) is 3.46. The van der Waals surface area contributed by atoms with Gasteiger partial charge in [-0.15, -0.1) is 5.10 Å². The zero-order chi connectivity index (χ0) is 19.9. The van der Waals surface area contributed by atoms with Crippen LogP contribution in [-0.2, 0) is 10.9 Å². The molecule has 1 saturated carbocycles. The molecular formula is C18H18F4N4O2. The van der Waals surface area contributed by atoms with Gasteiger partial charge < -0.3 is 10.1 Å². The van der Waals surface area contributed by atoms with Crippen LogP contribution in [0.1, 0.15) is 41.9 Å². The molecule has 1 saturated heterocycles. The quantitative estimate of drug-likeness (QED) is 0.804. The molecule has 2 aliphatic rings. The van der Waals surface area contributed by atoms with E-state index in [2.05, 4.69) is 15.6 Å². The Morgan fingerprint density at radius 3 is 2.54 bits per heavy atom. The van der Waals surface area contributed by atoms with Crippen molar-refractivity contribution in [2.75, 3.05) is 6.61 Å². The van der Waals surface area contributed by atoms with Crippen LogP contribution < -0.4 is 5.32 Å². The third-order valence-corrected chi connectivity index (χ3v) is 5.02. The van der Waals surface area contributed by atoms with E-state index >= 15 is 0 Å². The van der Waals surface area contributed by atoms with Crippen molar-refractivity contribution in [2.24, 2.45) is 5.92 Å². The van der Waals surface area contributed by atoms with Crippen LogP contribution in [-0.4, -0.2) is 39.7 Å². The molecule has 1 aromatic carbocycles. The molecule has 2 unspecified atom stereocenters. The number of carbonyl (C=O) groups excluding carboxylic acids is 1. The van der Waals surface area contributed by atoms with Crippen molar-refractivity contribution in [3.63, 3.8) is 0 Å². The van der Waals surface area contributed by atoms with E-state index in [1.807, 2.05) is 0 Å². The number of nitrogens with zero attached hydrogens (tertiary/aromatic N) is 3. The fourth-order valence-electron chi connectivity index (χ4n) is 3.46. The van der Waals surface area contributed by atoms with Gasteiger partial charge in [0.05, 0.1) is 11.8 Å². The molecule has 6 nitrogen and oxygen atoms in total. The molecule has 0 spiro atoms. The molecule has 150 valence electrons.